The predicted molar refractivity (Wildman–Crippen MR) is 75.6 cm³/mol. The van der Waals surface area contributed by atoms with Gasteiger partial charge in [0.05, 0.1) is 0 Å². The van der Waals surface area contributed by atoms with E-state index in [0.29, 0.717) is 6.04 Å². The molecule has 1 atom stereocenters. The van der Waals surface area contributed by atoms with Crippen LogP contribution in [-0.2, 0) is 0 Å². The van der Waals surface area contributed by atoms with Gasteiger partial charge in [-0.3, -0.25) is 0 Å². The Bertz CT molecular complexity index is 341. The van der Waals surface area contributed by atoms with Crippen molar-refractivity contribution < 1.29 is 0 Å². The molecule has 0 spiro atoms. The molecule has 0 aliphatic heterocycles. The first kappa shape index (κ1) is 12.6. The summed E-state index contributed by atoms with van der Waals surface area (Å²) in [5, 5.41) is 3.41. The van der Waals surface area contributed by atoms with Gasteiger partial charge >= 0.3 is 0 Å². The van der Waals surface area contributed by atoms with Crippen molar-refractivity contribution in [2.45, 2.75) is 31.7 Å². The van der Waals surface area contributed by atoms with Crippen LogP contribution < -0.4 is 5.32 Å². The minimum absolute atomic E-state index is 0.481. The summed E-state index contributed by atoms with van der Waals surface area (Å²) in [6.45, 7) is 0. The van der Waals surface area contributed by atoms with Gasteiger partial charge in [-0.1, -0.05) is 44.7 Å². The van der Waals surface area contributed by atoms with Crippen LogP contribution in [0.2, 0.25) is 0 Å². The summed E-state index contributed by atoms with van der Waals surface area (Å²) in [6, 6.07) is 6.98. The van der Waals surface area contributed by atoms with Crippen molar-refractivity contribution in [1.82, 2.24) is 5.32 Å². The first-order valence-corrected chi connectivity index (χ1v) is 7.41. The third-order valence-corrected chi connectivity index (χ3v) is 4.11. The van der Waals surface area contributed by atoms with Crippen molar-refractivity contribution in [3.63, 3.8) is 0 Å². The lowest BCUT2D eigenvalue weighted by atomic mass is 10.0. The molecule has 1 aromatic carbocycles. The van der Waals surface area contributed by atoms with Crippen LogP contribution in [0.1, 0.15) is 37.3 Å². The summed E-state index contributed by atoms with van der Waals surface area (Å²) in [4.78, 5) is 0. The first-order chi connectivity index (χ1) is 7.69. The quantitative estimate of drug-likeness (QED) is 0.817. The summed E-state index contributed by atoms with van der Waals surface area (Å²) in [7, 11) is 2.05. The van der Waals surface area contributed by atoms with Gasteiger partial charge in [-0.25, -0.2) is 0 Å². The van der Waals surface area contributed by atoms with Gasteiger partial charge in [0, 0.05) is 15.0 Å². The average Bonchev–Trinajstić information content (AvgIpc) is 3.01. The Morgan fingerprint density at radius 1 is 1.25 bits per heavy atom. The second-order valence-corrected chi connectivity index (χ2v) is 6.40. The maximum absolute atomic E-state index is 3.55. The molecule has 3 heteroatoms. The van der Waals surface area contributed by atoms with Crippen LogP contribution in [0.4, 0.5) is 0 Å². The Labute approximate surface area is 114 Å². The summed E-state index contributed by atoms with van der Waals surface area (Å²) < 4.78 is 2.28. The van der Waals surface area contributed by atoms with Crippen LogP contribution in [0.3, 0.4) is 0 Å². The molecule has 0 radical (unpaired) electrons. The minimum Gasteiger partial charge on any atom is -0.313 e. The number of hydrogen-bond acceptors (Lipinski definition) is 1. The molecule has 0 saturated heterocycles. The van der Waals surface area contributed by atoms with E-state index in [1.807, 2.05) is 7.05 Å². The predicted octanol–water partition coefficient (Wildman–Crippen LogP) is 4.66. The Hall–Kier alpha value is 0.140. The van der Waals surface area contributed by atoms with E-state index in [2.05, 4.69) is 55.4 Å². The highest BCUT2D eigenvalue weighted by Crippen LogP contribution is 2.36. The first-order valence-electron chi connectivity index (χ1n) is 5.82. The third kappa shape index (κ3) is 3.57. The summed E-state index contributed by atoms with van der Waals surface area (Å²) in [5.41, 5.74) is 1.37. The van der Waals surface area contributed by atoms with Gasteiger partial charge in [0.2, 0.25) is 0 Å². The van der Waals surface area contributed by atoms with Crippen LogP contribution in [-0.4, -0.2) is 7.05 Å². The highest BCUT2D eigenvalue weighted by molar-refractivity contribution is 9.11. The van der Waals surface area contributed by atoms with E-state index in [-0.39, 0.29) is 0 Å². The van der Waals surface area contributed by atoms with E-state index < -0.39 is 0 Å². The molecule has 0 bridgehead atoms. The number of rotatable bonds is 5. The Morgan fingerprint density at radius 3 is 2.38 bits per heavy atom. The largest absolute Gasteiger partial charge is 0.313 e. The van der Waals surface area contributed by atoms with Gasteiger partial charge in [-0.15, -0.1) is 0 Å². The second kappa shape index (κ2) is 5.65. The van der Waals surface area contributed by atoms with Crippen LogP contribution in [0.25, 0.3) is 0 Å². The van der Waals surface area contributed by atoms with E-state index in [1.165, 1.54) is 31.2 Å². The van der Waals surface area contributed by atoms with Crippen molar-refractivity contribution in [3.05, 3.63) is 32.7 Å². The molecule has 0 aromatic heterocycles. The molecule has 0 amide bonds. The monoisotopic (exact) mass is 345 g/mol. The molecule has 2 rings (SSSR count). The van der Waals surface area contributed by atoms with Gasteiger partial charge in [0.15, 0.2) is 0 Å². The van der Waals surface area contributed by atoms with Crippen LogP contribution in [0.15, 0.2) is 27.1 Å². The fraction of sp³-hybridized carbons (Fsp3) is 0.538. The van der Waals surface area contributed by atoms with E-state index in [4.69, 9.17) is 0 Å². The maximum atomic E-state index is 3.55. The van der Waals surface area contributed by atoms with Crippen LogP contribution in [0, 0.1) is 5.92 Å². The van der Waals surface area contributed by atoms with Crippen molar-refractivity contribution in [2.24, 2.45) is 5.92 Å². The smallest absolute Gasteiger partial charge is 0.0318 e. The molecule has 1 N–H and O–H groups in total. The molecule has 0 heterocycles. The van der Waals surface area contributed by atoms with Gasteiger partial charge in [0.25, 0.3) is 0 Å². The Kier molecular flexibility index (Phi) is 4.45. The molecule has 88 valence electrons. The molecular formula is C13H17Br2N. The lowest BCUT2D eigenvalue weighted by Crippen LogP contribution is -2.16. The maximum Gasteiger partial charge on any atom is 0.0318 e. The molecular weight excluding hydrogens is 330 g/mol. The van der Waals surface area contributed by atoms with Gasteiger partial charge < -0.3 is 5.32 Å². The van der Waals surface area contributed by atoms with E-state index in [1.54, 1.807) is 0 Å². The van der Waals surface area contributed by atoms with Crippen molar-refractivity contribution >= 4 is 31.9 Å². The molecule has 1 fully saturated rings. The van der Waals surface area contributed by atoms with Gasteiger partial charge in [-0.05, 0) is 49.6 Å². The molecule has 16 heavy (non-hydrogen) atoms. The van der Waals surface area contributed by atoms with Gasteiger partial charge in [-0.2, -0.15) is 0 Å². The van der Waals surface area contributed by atoms with E-state index in [0.717, 1.165) is 14.9 Å². The van der Waals surface area contributed by atoms with E-state index >= 15 is 0 Å². The van der Waals surface area contributed by atoms with Crippen molar-refractivity contribution in [3.8, 4) is 0 Å². The number of hydrogen-bond donors (Lipinski definition) is 1. The standard InChI is InChI=1S/C13H17Br2N/c1-16-13(5-4-9-2-3-9)10-6-11(14)8-12(15)7-10/h6-9,13,16H,2-5H2,1H3. The lowest BCUT2D eigenvalue weighted by Gasteiger charge is -2.17. The number of halogens is 2. The highest BCUT2D eigenvalue weighted by Gasteiger charge is 2.22. The summed E-state index contributed by atoms with van der Waals surface area (Å²) >= 11 is 7.09. The van der Waals surface area contributed by atoms with E-state index in [9.17, 15) is 0 Å². The summed E-state index contributed by atoms with van der Waals surface area (Å²) in [6.07, 6.45) is 5.48. The Morgan fingerprint density at radius 2 is 1.88 bits per heavy atom. The summed E-state index contributed by atoms with van der Waals surface area (Å²) in [5.74, 6) is 1.01. The zero-order chi connectivity index (χ0) is 11.5. The number of benzene rings is 1. The molecule has 1 unspecified atom stereocenters. The zero-order valence-electron chi connectivity index (χ0n) is 9.47. The topological polar surface area (TPSA) is 12.0 Å². The fourth-order valence-electron chi connectivity index (χ4n) is 2.06. The third-order valence-electron chi connectivity index (χ3n) is 3.20. The average molecular weight is 347 g/mol. The Balaban J connectivity index is 2.04. The lowest BCUT2D eigenvalue weighted by molar-refractivity contribution is 0.506. The number of nitrogens with one attached hydrogen (secondary N) is 1. The van der Waals surface area contributed by atoms with Crippen molar-refractivity contribution in [2.75, 3.05) is 7.05 Å². The molecule has 1 aromatic rings. The molecule has 1 aliphatic rings. The SMILES string of the molecule is CNC(CCC1CC1)c1cc(Br)cc(Br)c1. The highest BCUT2D eigenvalue weighted by atomic mass is 79.9. The fourth-order valence-corrected chi connectivity index (χ4v) is 3.39. The molecule has 1 nitrogen and oxygen atoms in total. The van der Waals surface area contributed by atoms with Gasteiger partial charge in [0.1, 0.15) is 0 Å². The second-order valence-electron chi connectivity index (χ2n) is 4.56. The molecule has 1 aliphatic carbocycles. The minimum atomic E-state index is 0.481. The zero-order valence-corrected chi connectivity index (χ0v) is 12.6. The normalized spacial score (nSPS) is 17.4. The van der Waals surface area contributed by atoms with Crippen LogP contribution >= 0.6 is 31.9 Å². The van der Waals surface area contributed by atoms with Crippen molar-refractivity contribution in [1.29, 1.82) is 0 Å². The van der Waals surface area contributed by atoms with Crippen LogP contribution in [0.5, 0.6) is 0 Å². The molecule has 1 saturated carbocycles.